The molecule has 30 heavy (non-hydrogen) atoms. The van der Waals surface area contributed by atoms with Gasteiger partial charge in [-0.3, -0.25) is 24.2 Å². The van der Waals surface area contributed by atoms with Gasteiger partial charge >= 0.3 is 5.97 Å². The van der Waals surface area contributed by atoms with Crippen LogP contribution in [0.15, 0.2) is 0 Å². The Balaban J connectivity index is 1.55. The van der Waals surface area contributed by atoms with E-state index in [1.807, 2.05) is 0 Å². The highest BCUT2D eigenvalue weighted by Crippen LogP contribution is 2.18. The third kappa shape index (κ3) is 9.40. The Kier molecular flexibility index (Phi) is 11.1. The van der Waals surface area contributed by atoms with Gasteiger partial charge in [-0.15, -0.1) is 0 Å². The minimum atomic E-state index is -0.855. The second kappa shape index (κ2) is 13.6. The topological polar surface area (TPSA) is 105 Å². The van der Waals surface area contributed by atoms with Crippen LogP contribution in [0.25, 0.3) is 0 Å². The van der Waals surface area contributed by atoms with Crippen molar-refractivity contribution in [3.05, 3.63) is 0 Å². The molecule has 1 unspecified atom stereocenters. The molecule has 0 aromatic heterocycles. The zero-order valence-electron chi connectivity index (χ0n) is 18.4. The summed E-state index contributed by atoms with van der Waals surface area (Å²) in [5.74, 6) is -0.928. The molecule has 1 atom stereocenters. The quantitative estimate of drug-likeness (QED) is 0.211. The van der Waals surface area contributed by atoms with Crippen LogP contribution in [0.5, 0.6) is 0 Å². The predicted molar refractivity (Wildman–Crippen MR) is 115 cm³/mol. The van der Waals surface area contributed by atoms with E-state index in [1.54, 1.807) is 0 Å². The summed E-state index contributed by atoms with van der Waals surface area (Å²) in [6.07, 6.45) is 3.72. The molecule has 2 saturated heterocycles. The molecule has 0 aliphatic carbocycles. The first-order chi connectivity index (χ1) is 14.5. The van der Waals surface area contributed by atoms with E-state index >= 15 is 0 Å². The average molecular weight is 437 g/mol. The van der Waals surface area contributed by atoms with Crippen molar-refractivity contribution in [2.45, 2.75) is 51.5 Å². The lowest BCUT2D eigenvalue weighted by Gasteiger charge is -2.37. The smallest absolute Gasteiger partial charge is 0.303 e. The predicted octanol–water partition coefficient (Wildman–Crippen LogP) is -0.0343. The van der Waals surface area contributed by atoms with Gasteiger partial charge in [-0.05, 0) is 38.8 Å². The van der Waals surface area contributed by atoms with Crippen LogP contribution in [0.3, 0.4) is 0 Å². The molecular formula is C21H39N5O4. The van der Waals surface area contributed by atoms with Crippen LogP contribution >= 0.6 is 0 Å². The minimum absolute atomic E-state index is 0.0274. The van der Waals surface area contributed by atoms with E-state index in [0.717, 1.165) is 58.7 Å². The largest absolute Gasteiger partial charge is 0.481 e. The maximum Gasteiger partial charge on any atom is 0.303 e. The Bertz CT molecular complexity index is 552. The van der Waals surface area contributed by atoms with E-state index in [0.29, 0.717) is 44.9 Å². The number of aliphatic carboxylic acids is 1. The van der Waals surface area contributed by atoms with Crippen molar-refractivity contribution < 1.29 is 19.5 Å². The Morgan fingerprint density at radius 2 is 1.53 bits per heavy atom. The number of likely N-dealkylation sites (tertiary alicyclic amines) is 1. The molecule has 9 heteroatoms. The van der Waals surface area contributed by atoms with Gasteiger partial charge < -0.3 is 20.6 Å². The highest BCUT2D eigenvalue weighted by molar-refractivity contribution is 5.78. The average Bonchev–Trinajstić information content (AvgIpc) is 3.15. The summed E-state index contributed by atoms with van der Waals surface area (Å²) in [5.41, 5.74) is 0. The van der Waals surface area contributed by atoms with Crippen LogP contribution in [0.4, 0.5) is 0 Å². The first-order valence-electron chi connectivity index (χ1n) is 11.4. The van der Waals surface area contributed by atoms with Gasteiger partial charge in [0.1, 0.15) is 0 Å². The molecule has 2 aliphatic rings. The molecule has 2 heterocycles. The van der Waals surface area contributed by atoms with Gasteiger partial charge in [0.2, 0.25) is 11.8 Å². The number of carbonyl (C=O) groups is 3. The van der Waals surface area contributed by atoms with Crippen molar-refractivity contribution in [2.24, 2.45) is 0 Å². The van der Waals surface area contributed by atoms with Gasteiger partial charge in [-0.25, -0.2) is 0 Å². The van der Waals surface area contributed by atoms with Crippen LogP contribution in [0, 0.1) is 0 Å². The van der Waals surface area contributed by atoms with E-state index in [-0.39, 0.29) is 18.2 Å². The van der Waals surface area contributed by atoms with E-state index in [1.165, 1.54) is 0 Å². The standard InChI is InChI=1S/C21H39N5O4/c1-2-24-12-14-25(15-13-24)16-18-6-5-11-26(18)17-20(28)23-9-3-7-19(27)22-10-4-8-21(29)30/h18H,2-17H2,1H3,(H,22,27)(H,23,28)(H,29,30)/i4+1,5+1,6+1,8+1,10+1,11+1,16+1,17+1,18+1,21+1,22+1,23+1. The highest BCUT2D eigenvalue weighted by Gasteiger charge is 2.28. The summed E-state index contributed by atoms with van der Waals surface area (Å²) >= 11 is 0. The molecule has 2 amide bonds. The monoisotopic (exact) mass is 437 g/mol. The molecule has 2 rings (SSSR count). The number of carboxylic acids is 1. The number of carbonyl (C=O) groups excluding carboxylic acids is 2. The van der Waals surface area contributed by atoms with Crippen molar-refractivity contribution in [3.63, 3.8) is 0 Å². The molecule has 172 valence electrons. The molecule has 2 aliphatic heterocycles. The Labute approximate surface area is 180 Å². The fourth-order valence-corrected chi connectivity index (χ4v) is 4.17. The van der Waals surface area contributed by atoms with E-state index in [4.69, 9.17) is 5.11 Å². The van der Waals surface area contributed by atoms with Crippen LogP contribution < -0.4 is 10.6 Å². The second-order valence-electron chi connectivity index (χ2n) is 8.30. The molecule has 0 aromatic carbocycles. The number of rotatable bonds is 13. The van der Waals surface area contributed by atoms with E-state index in [2.05, 4.69) is 32.3 Å². The molecule has 0 bridgehead atoms. The third-order valence-corrected chi connectivity index (χ3v) is 6.02. The van der Waals surface area contributed by atoms with Gasteiger partial charge in [0.25, 0.3) is 0 Å². The third-order valence-electron chi connectivity index (χ3n) is 6.02. The van der Waals surface area contributed by atoms with Crippen LogP contribution in [0.1, 0.15) is 45.4 Å². The normalized spacial score (nSPS) is 20.9. The Hall–Kier alpha value is -1.71. The zero-order chi connectivity index (χ0) is 21.8. The van der Waals surface area contributed by atoms with Crippen LogP contribution in [-0.2, 0) is 14.4 Å². The number of hydrogen-bond donors (Lipinski definition) is 3. The number of nitrogens with one attached hydrogen (secondary N) is 2. The molecule has 0 saturated carbocycles. The SMILES string of the molecule is CCN1CCN([13CH2][13CH]2[13CH2][13CH2][13CH2]N2[13CH2]C(=O)[15NH]CCCC(=O)[15NH][13CH2][13CH2][13CH2][13C](=O)O)CC1. The van der Waals surface area contributed by atoms with Crippen molar-refractivity contribution in [2.75, 3.05) is 65.4 Å². The number of hydrogen-bond acceptors (Lipinski definition) is 6. The zero-order valence-corrected chi connectivity index (χ0v) is 18.4. The van der Waals surface area contributed by atoms with Gasteiger partial charge in [0, 0.05) is 64.7 Å². The number of nitrogens with zero attached hydrogens (tertiary/aromatic N) is 3. The van der Waals surface area contributed by atoms with Crippen LogP contribution in [0.2, 0.25) is 0 Å². The molecule has 0 aromatic rings. The Morgan fingerprint density at radius 3 is 2.20 bits per heavy atom. The summed E-state index contributed by atoms with van der Waals surface area (Å²) in [4.78, 5) is 41.7. The lowest BCUT2D eigenvalue weighted by atomic mass is 10.3. The molecule has 0 radical (unpaired) electrons. The molecule has 0 spiro atoms. The molecule has 2 fully saturated rings. The number of amides is 2. The summed E-state index contributed by atoms with van der Waals surface area (Å²) in [7, 11) is 0. The van der Waals surface area contributed by atoms with Crippen molar-refractivity contribution in [1.29, 1.82) is 0 Å². The molecule has 3 N–H and O–H groups in total. The Morgan fingerprint density at radius 1 is 0.900 bits per heavy atom. The lowest BCUT2D eigenvalue weighted by Crippen LogP contribution is -2.51. The van der Waals surface area contributed by atoms with Crippen molar-refractivity contribution in [1.82, 2.24) is 25.3 Å². The maximum atomic E-state index is 12.3. The van der Waals surface area contributed by atoms with Gasteiger partial charge in [-0.2, -0.15) is 0 Å². The van der Waals surface area contributed by atoms with Crippen molar-refractivity contribution >= 4 is 17.8 Å². The molecule has 9 nitrogen and oxygen atoms in total. The summed E-state index contributed by atoms with van der Waals surface area (Å²) in [6, 6.07) is 0.459. The summed E-state index contributed by atoms with van der Waals surface area (Å²) < 4.78 is 0. The maximum absolute atomic E-state index is 12.3. The van der Waals surface area contributed by atoms with Gasteiger partial charge in [0.05, 0.1) is 6.54 Å². The van der Waals surface area contributed by atoms with Crippen LogP contribution in [-0.4, -0.2) is 109 Å². The highest BCUT2D eigenvalue weighted by atomic mass is 16.5. The number of piperazine rings is 1. The van der Waals surface area contributed by atoms with Gasteiger partial charge in [-0.1, -0.05) is 6.92 Å². The number of likely N-dealkylation sites (N-methyl/N-ethyl adjacent to an activating group) is 1. The second-order valence-corrected chi connectivity index (χ2v) is 8.30. The first-order valence-corrected chi connectivity index (χ1v) is 11.4. The summed E-state index contributed by atoms with van der Waals surface area (Å²) in [5, 5.41) is 14.2. The van der Waals surface area contributed by atoms with Crippen molar-refractivity contribution in [3.8, 4) is 0 Å². The van der Waals surface area contributed by atoms with Gasteiger partial charge in [0.15, 0.2) is 0 Å². The lowest BCUT2D eigenvalue weighted by molar-refractivity contribution is -0.137. The first kappa shape index (κ1) is 24.6. The fraction of sp³-hybridized carbons (Fsp3) is 0.857. The fourth-order valence-electron chi connectivity index (χ4n) is 4.17. The summed E-state index contributed by atoms with van der Waals surface area (Å²) in [6.45, 7) is 11.1. The minimum Gasteiger partial charge on any atom is -0.481 e. The van der Waals surface area contributed by atoms with E-state index < -0.39 is 5.97 Å². The van der Waals surface area contributed by atoms with E-state index in [9.17, 15) is 14.4 Å². The number of carboxylic acid groups (broad SMARTS) is 1. The molecular weight excluding hydrogens is 398 g/mol.